The third-order valence-corrected chi connectivity index (χ3v) is 4.66. The summed E-state index contributed by atoms with van der Waals surface area (Å²) in [5, 5.41) is 3.08. The summed E-state index contributed by atoms with van der Waals surface area (Å²) >= 11 is 1.28. The summed E-state index contributed by atoms with van der Waals surface area (Å²) in [6.07, 6.45) is 1.88. The molecule has 1 atom stereocenters. The Hall–Kier alpha value is -3.01. The zero-order chi connectivity index (χ0) is 19.6. The molecule has 0 aliphatic carbocycles. The predicted molar refractivity (Wildman–Crippen MR) is 99.4 cm³/mol. The van der Waals surface area contributed by atoms with Gasteiger partial charge in [-0.3, -0.25) is 14.4 Å². The molecule has 2 heterocycles. The van der Waals surface area contributed by atoms with Gasteiger partial charge in [0.25, 0.3) is 11.5 Å². The zero-order valence-electron chi connectivity index (χ0n) is 14.7. The highest BCUT2D eigenvalue weighted by Crippen LogP contribution is 2.38. The van der Waals surface area contributed by atoms with Crippen molar-refractivity contribution in [2.75, 3.05) is 25.3 Å². The fraction of sp³-hybridized carbons (Fsp3) is 0.294. The first-order valence-corrected chi connectivity index (χ1v) is 9.22. The largest absolute Gasteiger partial charge is 0.493 e. The van der Waals surface area contributed by atoms with Gasteiger partial charge in [0.2, 0.25) is 5.91 Å². The average Bonchev–Trinajstić information content (AvgIpc) is 2.64. The van der Waals surface area contributed by atoms with Crippen LogP contribution in [0.3, 0.4) is 0 Å². The van der Waals surface area contributed by atoms with Crippen molar-refractivity contribution in [3.8, 4) is 11.5 Å². The van der Waals surface area contributed by atoms with Crippen molar-refractivity contribution < 1.29 is 19.1 Å². The van der Waals surface area contributed by atoms with Crippen LogP contribution in [-0.4, -0.2) is 41.8 Å². The lowest BCUT2D eigenvalue weighted by atomic mass is 9.86. The van der Waals surface area contributed by atoms with E-state index in [4.69, 9.17) is 15.2 Å². The van der Waals surface area contributed by atoms with Crippen molar-refractivity contribution in [2.24, 2.45) is 5.73 Å². The number of H-pyrrole nitrogens is 1. The number of aromatic nitrogens is 2. The lowest BCUT2D eigenvalue weighted by Gasteiger charge is -2.25. The minimum Gasteiger partial charge on any atom is -0.493 e. The van der Waals surface area contributed by atoms with E-state index in [1.54, 1.807) is 24.5 Å². The predicted octanol–water partition coefficient (Wildman–Crippen LogP) is 0.839. The van der Waals surface area contributed by atoms with Gasteiger partial charge >= 0.3 is 0 Å². The number of thioether (sulfide) groups is 1. The molecule has 10 heteroatoms. The number of amides is 2. The van der Waals surface area contributed by atoms with Gasteiger partial charge in [0.1, 0.15) is 5.82 Å². The number of nitrogens with two attached hydrogens (primary N) is 1. The van der Waals surface area contributed by atoms with E-state index in [0.717, 1.165) is 0 Å². The van der Waals surface area contributed by atoms with Crippen molar-refractivity contribution in [3.63, 3.8) is 0 Å². The Morgan fingerprint density at radius 2 is 2.15 bits per heavy atom. The van der Waals surface area contributed by atoms with E-state index in [9.17, 15) is 14.4 Å². The van der Waals surface area contributed by atoms with Gasteiger partial charge in [-0.15, -0.1) is 0 Å². The van der Waals surface area contributed by atoms with Crippen LogP contribution in [0.5, 0.6) is 11.5 Å². The van der Waals surface area contributed by atoms with Crippen LogP contribution in [0.25, 0.3) is 0 Å². The Kier molecular flexibility index (Phi) is 5.36. The van der Waals surface area contributed by atoms with Crippen LogP contribution in [0.15, 0.2) is 28.2 Å². The lowest BCUT2D eigenvalue weighted by molar-refractivity contribution is -0.120. The minimum atomic E-state index is -0.610. The summed E-state index contributed by atoms with van der Waals surface area (Å²) in [7, 11) is 1.46. The first-order valence-electron chi connectivity index (χ1n) is 8.00. The number of hydrogen-bond donors (Lipinski definition) is 3. The van der Waals surface area contributed by atoms with Crippen LogP contribution in [0.1, 0.15) is 23.5 Å². The second-order valence-corrected chi connectivity index (χ2v) is 6.60. The number of fused-ring (bicyclic) bond motifs is 1. The smallest absolute Gasteiger partial charge is 0.257 e. The molecule has 0 bridgehead atoms. The number of anilines is 1. The summed E-state index contributed by atoms with van der Waals surface area (Å²) in [6, 6.07) is 5.00. The maximum atomic E-state index is 12.6. The topological polar surface area (TPSA) is 136 Å². The van der Waals surface area contributed by atoms with Gasteiger partial charge < -0.3 is 25.5 Å². The molecular weight excluding hydrogens is 372 g/mol. The maximum absolute atomic E-state index is 12.6. The van der Waals surface area contributed by atoms with Crippen LogP contribution < -0.4 is 26.1 Å². The molecule has 0 fully saturated rings. The van der Waals surface area contributed by atoms with E-state index in [-0.39, 0.29) is 30.3 Å². The number of benzene rings is 1. The van der Waals surface area contributed by atoms with Gasteiger partial charge in [-0.05, 0) is 24.0 Å². The number of rotatable bonds is 6. The van der Waals surface area contributed by atoms with Crippen molar-refractivity contribution in [3.05, 3.63) is 39.7 Å². The molecule has 0 saturated heterocycles. The number of hydrogen-bond acceptors (Lipinski definition) is 7. The molecule has 3 rings (SSSR count). The molecule has 0 spiro atoms. The molecule has 27 heavy (non-hydrogen) atoms. The second kappa shape index (κ2) is 7.70. The van der Waals surface area contributed by atoms with E-state index in [0.29, 0.717) is 27.8 Å². The molecule has 0 radical (unpaired) electrons. The van der Waals surface area contributed by atoms with Gasteiger partial charge in [0.05, 0.1) is 12.7 Å². The third kappa shape index (κ3) is 3.90. The molecule has 1 aliphatic heterocycles. The molecule has 2 amide bonds. The number of ether oxygens (including phenoxy) is 2. The molecule has 0 saturated carbocycles. The number of primary amides is 1. The van der Waals surface area contributed by atoms with Gasteiger partial charge in [-0.2, -0.15) is 0 Å². The normalized spacial score (nSPS) is 15.6. The molecule has 0 unspecified atom stereocenters. The summed E-state index contributed by atoms with van der Waals surface area (Å²) in [4.78, 5) is 42.6. The van der Waals surface area contributed by atoms with Crippen LogP contribution in [0.2, 0.25) is 0 Å². The van der Waals surface area contributed by atoms with Gasteiger partial charge in [0.15, 0.2) is 23.3 Å². The van der Waals surface area contributed by atoms with Crippen LogP contribution in [-0.2, 0) is 9.59 Å². The Morgan fingerprint density at radius 3 is 2.81 bits per heavy atom. The second-order valence-electron chi connectivity index (χ2n) is 5.81. The highest BCUT2D eigenvalue weighted by Gasteiger charge is 2.31. The zero-order valence-corrected chi connectivity index (χ0v) is 15.5. The Bertz CT molecular complexity index is 959. The summed E-state index contributed by atoms with van der Waals surface area (Å²) in [6.45, 7) is -0.286. The van der Waals surface area contributed by atoms with E-state index in [2.05, 4.69) is 15.3 Å². The highest BCUT2D eigenvalue weighted by molar-refractivity contribution is 7.98. The summed E-state index contributed by atoms with van der Waals surface area (Å²) in [5.41, 5.74) is 5.87. The van der Waals surface area contributed by atoms with Crippen LogP contribution in [0, 0.1) is 0 Å². The SMILES string of the molecule is COc1cc([C@@H]2CC(=O)Nc3nc(SC)[nH]c(=O)c32)ccc1OCC(N)=O. The quantitative estimate of drug-likeness (QED) is 0.491. The lowest BCUT2D eigenvalue weighted by Crippen LogP contribution is -2.31. The number of carbonyl (C=O) groups is 2. The highest BCUT2D eigenvalue weighted by atomic mass is 32.2. The number of nitrogens with zero attached hydrogens (tertiary/aromatic N) is 1. The van der Waals surface area contributed by atoms with E-state index in [1.165, 1.54) is 18.9 Å². The standard InChI is InChI=1S/C17H18N4O5S/c1-25-11-5-8(3-4-10(11)26-7-12(18)22)9-6-13(23)19-15-14(9)16(24)21-17(20-15)27-2/h3-5,9H,6-7H2,1-2H3,(H2,18,22)(H2,19,20,21,23,24)/t9-/m0/s1. The van der Waals surface area contributed by atoms with Gasteiger partial charge in [0, 0.05) is 12.3 Å². The van der Waals surface area contributed by atoms with Crippen molar-refractivity contribution >= 4 is 29.4 Å². The Morgan fingerprint density at radius 1 is 1.37 bits per heavy atom. The summed E-state index contributed by atoms with van der Waals surface area (Å²) in [5.74, 6) is -0.360. The van der Waals surface area contributed by atoms with Crippen molar-refractivity contribution in [2.45, 2.75) is 17.5 Å². The average molecular weight is 390 g/mol. The number of aromatic amines is 1. The third-order valence-electron chi connectivity index (χ3n) is 4.08. The van der Waals surface area contributed by atoms with Gasteiger partial charge in [-0.25, -0.2) is 4.98 Å². The molecule has 9 nitrogen and oxygen atoms in total. The molecule has 1 aromatic carbocycles. The van der Waals surface area contributed by atoms with Gasteiger partial charge in [-0.1, -0.05) is 17.8 Å². The Balaban J connectivity index is 2.03. The van der Waals surface area contributed by atoms with E-state index in [1.807, 2.05) is 0 Å². The van der Waals surface area contributed by atoms with E-state index < -0.39 is 11.8 Å². The van der Waals surface area contributed by atoms with E-state index >= 15 is 0 Å². The molecule has 1 aliphatic rings. The Labute approximate surface area is 158 Å². The summed E-state index contributed by atoms with van der Waals surface area (Å²) < 4.78 is 10.6. The number of methoxy groups -OCH3 is 1. The molecular formula is C17H18N4O5S. The van der Waals surface area contributed by atoms with Crippen LogP contribution in [0.4, 0.5) is 5.82 Å². The van der Waals surface area contributed by atoms with Crippen molar-refractivity contribution in [1.29, 1.82) is 0 Å². The van der Waals surface area contributed by atoms with Crippen molar-refractivity contribution in [1.82, 2.24) is 9.97 Å². The first-order chi connectivity index (χ1) is 12.9. The van der Waals surface area contributed by atoms with Crippen LogP contribution >= 0.6 is 11.8 Å². The fourth-order valence-electron chi connectivity index (χ4n) is 2.90. The molecule has 1 aromatic heterocycles. The first kappa shape index (κ1) is 18.8. The number of carbonyl (C=O) groups excluding carboxylic acids is 2. The minimum absolute atomic E-state index is 0.0982. The maximum Gasteiger partial charge on any atom is 0.257 e. The fourth-order valence-corrected chi connectivity index (χ4v) is 3.28. The molecule has 4 N–H and O–H groups in total. The molecule has 2 aromatic rings. The number of nitrogens with one attached hydrogen (secondary N) is 2. The monoisotopic (exact) mass is 390 g/mol. The molecule has 142 valence electrons.